The zero-order valence-electron chi connectivity index (χ0n) is 10.6. The van der Waals surface area contributed by atoms with E-state index in [0.717, 1.165) is 5.56 Å². The second-order valence-corrected chi connectivity index (χ2v) is 5.52. The highest BCUT2D eigenvalue weighted by Crippen LogP contribution is 2.55. The van der Waals surface area contributed by atoms with Crippen molar-refractivity contribution in [3.63, 3.8) is 0 Å². The molecule has 0 amide bonds. The van der Waals surface area contributed by atoms with Crippen molar-refractivity contribution in [3.8, 4) is 0 Å². The monoisotopic (exact) mass is 266 g/mol. The molecule has 1 aliphatic carbocycles. The summed E-state index contributed by atoms with van der Waals surface area (Å²) in [5, 5.41) is 0. The number of hydrogen-bond donors (Lipinski definition) is 0. The first kappa shape index (κ1) is 12.6. The van der Waals surface area contributed by atoms with Crippen LogP contribution >= 0.6 is 0 Å². The van der Waals surface area contributed by atoms with Crippen LogP contribution in [0.3, 0.4) is 0 Å². The summed E-state index contributed by atoms with van der Waals surface area (Å²) in [6.07, 6.45) is 1.31. The van der Waals surface area contributed by atoms with Gasteiger partial charge in [-0.2, -0.15) is 0 Å². The van der Waals surface area contributed by atoms with Gasteiger partial charge in [0.15, 0.2) is 5.60 Å². The van der Waals surface area contributed by atoms with Crippen molar-refractivity contribution >= 4 is 5.97 Å². The van der Waals surface area contributed by atoms with Gasteiger partial charge in [0.2, 0.25) is 0 Å². The maximum atomic E-state index is 14.6. The van der Waals surface area contributed by atoms with Gasteiger partial charge in [-0.05, 0) is 24.8 Å². The maximum Gasteiger partial charge on any atom is 0.306 e. The van der Waals surface area contributed by atoms with Gasteiger partial charge in [0.1, 0.15) is 0 Å². The minimum Gasteiger partial charge on any atom is -0.453 e. The molecule has 1 saturated heterocycles. The van der Waals surface area contributed by atoms with Gasteiger partial charge in [-0.25, -0.2) is 8.78 Å². The van der Waals surface area contributed by atoms with Crippen molar-refractivity contribution < 1.29 is 18.3 Å². The van der Waals surface area contributed by atoms with Crippen molar-refractivity contribution in [1.82, 2.24) is 0 Å². The van der Waals surface area contributed by atoms with Crippen molar-refractivity contribution in [1.29, 1.82) is 0 Å². The number of ether oxygens (including phenoxy) is 1. The summed E-state index contributed by atoms with van der Waals surface area (Å²) in [7, 11) is 0. The smallest absolute Gasteiger partial charge is 0.306 e. The van der Waals surface area contributed by atoms with Gasteiger partial charge >= 0.3 is 5.97 Å². The number of esters is 1. The average molecular weight is 266 g/mol. The molecule has 2 aliphatic rings. The van der Waals surface area contributed by atoms with E-state index in [1.54, 1.807) is 0 Å². The molecule has 1 heterocycles. The van der Waals surface area contributed by atoms with Gasteiger partial charge in [-0.3, -0.25) is 4.79 Å². The lowest BCUT2D eigenvalue weighted by molar-refractivity contribution is -0.194. The Morgan fingerprint density at radius 2 is 1.95 bits per heavy atom. The number of alkyl halides is 2. The normalized spacial score (nSPS) is 32.7. The van der Waals surface area contributed by atoms with E-state index >= 15 is 0 Å². The van der Waals surface area contributed by atoms with Crippen LogP contribution in [0.4, 0.5) is 8.78 Å². The number of carbonyl (C=O) groups excluding carboxylic acids is 1. The van der Waals surface area contributed by atoms with E-state index in [-0.39, 0.29) is 19.3 Å². The Morgan fingerprint density at radius 1 is 1.21 bits per heavy atom. The highest BCUT2D eigenvalue weighted by molar-refractivity contribution is 5.72. The molecule has 4 heteroatoms. The zero-order chi connectivity index (χ0) is 13.5. The first-order valence-electron chi connectivity index (χ1n) is 6.67. The molecule has 2 nitrogen and oxygen atoms in total. The molecule has 1 aliphatic heterocycles. The van der Waals surface area contributed by atoms with Gasteiger partial charge in [-0.1, -0.05) is 30.3 Å². The summed E-state index contributed by atoms with van der Waals surface area (Å²) in [4.78, 5) is 11.2. The molecule has 2 unspecified atom stereocenters. The van der Waals surface area contributed by atoms with Gasteiger partial charge in [0, 0.05) is 18.8 Å². The number of halogens is 2. The fraction of sp³-hybridized carbons (Fsp3) is 0.533. The molecule has 2 atom stereocenters. The summed E-state index contributed by atoms with van der Waals surface area (Å²) in [5.41, 5.74) is -0.614. The molecule has 0 radical (unpaired) electrons. The van der Waals surface area contributed by atoms with Crippen LogP contribution in [0.5, 0.6) is 0 Å². The van der Waals surface area contributed by atoms with Crippen LogP contribution in [0.2, 0.25) is 0 Å². The summed E-state index contributed by atoms with van der Waals surface area (Å²) in [6.45, 7) is 0. The molecular weight excluding hydrogens is 250 g/mol. The second kappa shape index (κ2) is 4.29. The van der Waals surface area contributed by atoms with E-state index in [2.05, 4.69) is 0 Å². The van der Waals surface area contributed by atoms with E-state index in [1.807, 2.05) is 30.3 Å². The quantitative estimate of drug-likeness (QED) is 0.767. The predicted octanol–water partition coefficient (Wildman–Crippen LogP) is 3.35. The Labute approximate surface area is 110 Å². The number of rotatable bonds is 2. The molecule has 0 aromatic heterocycles. The molecule has 3 rings (SSSR count). The lowest BCUT2D eigenvalue weighted by Gasteiger charge is -2.32. The van der Waals surface area contributed by atoms with Gasteiger partial charge in [0.25, 0.3) is 5.92 Å². The minimum atomic E-state index is -2.92. The van der Waals surface area contributed by atoms with E-state index in [1.165, 1.54) is 0 Å². The fourth-order valence-electron chi connectivity index (χ4n) is 3.29. The van der Waals surface area contributed by atoms with Crippen LogP contribution in [0.15, 0.2) is 30.3 Å². The highest BCUT2D eigenvalue weighted by atomic mass is 19.3. The average Bonchev–Trinajstić information content (AvgIpc) is 2.88. The molecule has 1 spiro atoms. The SMILES string of the molecule is O=C1CCC2(CCC(Cc3ccccc3)C2(F)F)O1. The summed E-state index contributed by atoms with van der Waals surface area (Å²) in [6, 6.07) is 9.31. The van der Waals surface area contributed by atoms with Crippen LogP contribution in [0.1, 0.15) is 31.2 Å². The molecule has 1 aromatic rings. The summed E-state index contributed by atoms with van der Waals surface area (Å²) >= 11 is 0. The molecule has 1 saturated carbocycles. The molecule has 0 N–H and O–H groups in total. The Bertz CT molecular complexity index is 486. The molecule has 2 fully saturated rings. The van der Waals surface area contributed by atoms with Crippen molar-refractivity contribution in [2.24, 2.45) is 5.92 Å². The van der Waals surface area contributed by atoms with Crippen molar-refractivity contribution in [2.75, 3.05) is 0 Å². The number of hydrogen-bond acceptors (Lipinski definition) is 2. The van der Waals surface area contributed by atoms with E-state index in [4.69, 9.17) is 4.74 Å². The van der Waals surface area contributed by atoms with Crippen molar-refractivity contribution in [2.45, 2.75) is 43.6 Å². The van der Waals surface area contributed by atoms with E-state index < -0.39 is 23.4 Å². The minimum absolute atomic E-state index is 0.119. The summed E-state index contributed by atoms with van der Waals surface area (Å²) in [5.74, 6) is -4.14. The summed E-state index contributed by atoms with van der Waals surface area (Å²) < 4.78 is 34.1. The van der Waals surface area contributed by atoms with Crippen LogP contribution in [0.25, 0.3) is 0 Å². The van der Waals surface area contributed by atoms with Gasteiger partial charge in [-0.15, -0.1) is 0 Å². The third kappa shape index (κ3) is 1.94. The number of benzene rings is 1. The third-order valence-electron chi connectivity index (χ3n) is 4.38. The van der Waals surface area contributed by atoms with Crippen LogP contribution in [0, 0.1) is 5.92 Å². The predicted molar refractivity (Wildman–Crippen MR) is 65.9 cm³/mol. The molecular formula is C15H16F2O2. The third-order valence-corrected chi connectivity index (χ3v) is 4.38. The molecule has 0 bridgehead atoms. The highest BCUT2D eigenvalue weighted by Gasteiger charge is 2.66. The molecule has 19 heavy (non-hydrogen) atoms. The Hall–Kier alpha value is -1.45. The lowest BCUT2D eigenvalue weighted by atomic mass is 9.89. The first-order valence-corrected chi connectivity index (χ1v) is 6.67. The van der Waals surface area contributed by atoms with Crippen LogP contribution in [-0.4, -0.2) is 17.5 Å². The maximum absolute atomic E-state index is 14.6. The largest absolute Gasteiger partial charge is 0.453 e. The zero-order valence-corrected chi connectivity index (χ0v) is 10.6. The molecule has 102 valence electrons. The number of carbonyl (C=O) groups is 1. The Kier molecular flexibility index (Phi) is 2.84. The van der Waals surface area contributed by atoms with Crippen LogP contribution in [-0.2, 0) is 16.0 Å². The second-order valence-electron chi connectivity index (χ2n) is 5.52. The lowest BCUT2D eigenvalue weighted by Crippen LogP contribution is -2.46. The van der Waals surface area contributed by atoms with Crippen LogP contribution < -0.4 is 0 Å². The topological polar surface area (TPSA) is 26.3 Å². The van der Waals surface area contributed by atoms with Gasteiger partial charge < -0.3 is 4.74 Å². The van der Waals surface area contributed by atoms with E-state index in [9.17, 15) is 13.6 Å². The molecule has 1 aromatic carbocycles. The van der Waals surface area contributed by atoms with Crippen molar-refractivity contribution in [3.05, 3.63) is 35.9 Å². The Balaban J connectivity index is 1.80. The van der Waals surface area contributed by atoms with E-state index in [0.29, 0.717) is 12.8 Å². The Morgan fingerprint density at radius 3 is 2.58 bits per heavy atom. The standard InChI is InChI=1S/C15H16F2O2/c16-15(17)12(10-11-4-2-1-3-5-11)6-8-14(15)9-7-13(18)19-14/h1-5,12H,6-10H2. The van der Waals surface area contributed by atoms with Gasteiger partial charge in [0.05, 0.1) is 0 Å². The first-order chi connectivity index (χ1) is 9.03. The fourth-order valence-corrected chi connectivity index (χ4v) is 3.29.